The minimum absolute atomic E-state index is 0.207. The molecule has 1 aliphatic rings. The van der Waals surface area contributed by atoms with Crippen LogP contribution in [0.25, 0.3) is 0 Å². The highest BCUT2D eigenvalue weighted by molar-refractivity contribution is 9.10. The fourth-order valence-electron chi connectivity index (χ4n) is 2.35. The van der Waals surface area contributed by atoms with Crippen molar-refractivity contribution in [1.82, 2.24) is 0 Å². The predicted molar refractivity (Wildman–Crippen MR) is 75.9 cm³/mol. The average molecular weight is 325 g/mol. The van der Waals surface area contributed by atoms with Crippen molar-refractivity contribution in [2.75, 3.05) is 6.61 Å². The molecule has 4 heteroatoms. The van der Waals surface area contributed by atoms with Crippen LogP contribution in [-0.4, -0.2) is 18.9 Å². The molecule has 1 aromatic rings. The van der Waals surface area contributed by atoms with Gasteiger partial charge in [0.1, 0.15) is 6.29 Å². The molecule has 1 fully saturated rings. The first-order valence-electron chi connectivity index (χ1n) is 6.57. The summed E-state index contributed by atoms with van der Waals surface area (Å²) in [5.41, 5.74) is 0.574. The van der Waals surface area contributed by atoms with E-state index in [4.69, 9.17) is 4.74 Å². The van der Waals surface area contributed by atoms with Gasteiger partial charge in [-0.05, 0) is 55.9 Å². The number of rotatable bonds is 4. The Morgan fingerprint density at radius 2 is 1.84 bits per heavy atom. The van der Waals surface area contributed by atoms with Crippen LogP contribution in [0.4, 0.5) is 0 Å². The fourth-order valence-corrected chi connectivity index (χ4v) is 2.62. The first-order chi connectivity index (χ1) is 9.19. The van der Waals surface area contributed by atoms with Crippen molar-refractivity contribution in [3.63, 3.8) is 0 Å². The van der Waals surface area contributed by atoms with Crippen molar-refractivity contribution in [2.45, 2.75) is 25.7 Å². The molecule has 1 aliphatic carbocycles. The lowest BCUT2D eigenvalue weighted by atomic mass is 9.83. The molecular weight excluding hydrogens is 308 g/mol. The Balaban J connectivity index is 1.78. The summed E-state index contributed by atoms with van der Waals surface area (Å²) in [6.45, 7) is 0.459. The fraction of sp³-hybridized carbons (Fsp3) is 0.467. The normalized spacial score (nSPS) is 22.8. The second-order valence-corrected chi connectivity index (χ2v) is 5.94. The molecule has 102 valence electrons. The minimum Gasteiger partial charge on any atom is -0.462 e. The summed E-state index contributed by atoms with van der Waals surface area (Å²) in [4.78, 5) is 22.5. The lowest BCUT2D eigenvalue weighted by molar-refractivity contribution is -0.112. The zero-order valence-corrected chi connectivity index (χ0v) is 12.3. The van der Waals surface area contributed by atoms with Crippen molar-refractivity contribution in [1.29, 1.82) is 0 Å². The standard InChI is InChI=1S/C15H17BrO3/c16-14-7-5-13(6-8-14)15(18)19-10-12-3-1-11(9-17)2-4-12/h5-9,11-12H,1-4,10H2. The average Bonchev–Trinajstić information content (AvgIpc) is 2.46. The van der Waals surface area contributed by atoms with Gasteiger partial charge < -0.3 is 9.53 Å². The Morgan fingerprint density at radius 1 is 1.21 bits per heavy atom. The van der Waals surface area contributed by atoms with Gasteiger partial charge >= 0.3 is 5.97 Å². The second kappa shape index (κ2) is 6.85. The van der Waals surface area contributed by atoms with Crippen LogP contribution in [0.3, 0.4) is 0 Å². The van der Waals surface area contributed by atoms with Gasteiger partial charge in [0.2, 0.25) is 0 Å². The third-order valence-corrected chi connectivity index (χ3v) is 4.14. The van der Waals surface area contributed by atoms with E-state index in [-0.39, 0.29) is 11.9 Å². The van der Waals surface area contributed by atoms with Crippen LogP contribution in [0.1, 0.15) is 36.0 Å². The van der Waals surface area contributed by atoms with E-state index in [1.165, 1.54) is 0 Å². The molecular formula is C15H17BrO3. The Morgan fingerprint density at radius 3 is 2.42 bits per heavy atom. The number of aldehydes is 1. The van der Waals surface area contributed by atoms with Gasteiger partial charge in [0.15, 0.2) is 0 Å². The molecule has 2 rings (SSSR count). The van der Waals surface area contributed by atoms with Crippen molar-refractivity contribution >= 4 is 28.2 Å². The third-order valence-electron chi connectivity index (χ3n) is 3.61. The Hall–Kier alpha value is -1.16. The van der Waals surface area contributed by atoms with E-state index in [9.17, 15) is 9.59 Å². The summed E-state index contributed by atoms with van der Waals surface area (Å²) in [6.07, 6.45) is 4.83. The molecule has 1 saturated carbocycles. The highest BCUT2D eigenvalue weighted by atomic mass is 79.9. The number of benzene rings is 1. The van der Waals surface area contributed by atoms with Crippen molar-refractivity contribution < 1.29 is 14.3 Å². The maximum absolute atomic E-state index is 11.8. The van der Waals surface area contributed by atoms with Crippen LogP contribution in [-0.2, 0) is 9.53 Å². The summed E-state index contributed by atoms with van der Waals surface area (Å²) in [5, 5.41) is 0. The molecule has 3 nitrogen and oxygen atoms in total. The van der Waals surface area contributed by atoms with Gasteiger partial charge in [-0.15, -0.1) is 0 Å². The summed E-state index contributed by atoms with van der Waals surface area (Å²) in [7, 11) is 0. The van der Waals surface area contributed by atoms with Gasteiger partial charge in [0, 0.05) is 10.4 Å². The van der Waals surface area contributed by atoms with E-state index in [1.54, 1.807) is 12.1 Å². The number of ether oxygens (including phenoxy) is 1. The first-order valence-corrected chi connectivity index (χ1v) is 7.36. The molecule has 0 heterocycles. The SMILES string of the molecule is O=CC1CCC(COC(=O)c2ccc(Br)cc2)CC1. The van der Waals surface area contributed by atoms with Gasteiger partial charge in [-0.1, -0.05) is 15.9 Å². The van der Waals surface area contributed by atoms with Crippen LogP contribution >= 0.6 is 15.9 Å². The summed E-state index contributed by atoms with van der Waals surface area (Å²) in [6, 6.07) is 7.14. The zero-order valence-electron chi connectivity index (χ0n) is 10.7. The topological polar surface area (TPSA) is 43.4 Å². The van der Waals surface area contributed by atoms with Crippen molar-refractivity contribution in [3.05, 3.63) is 34.3 Å². The summed E-state index contributed by atoms with van der Waals surface area (Å²) >= 11 is 3.33. The number of hydrogen-bond donors (Lipinski definition) is 0. The van der Waals surface area contributed by atoms with Crippen molar-refractivity contribution in [3.8, 4) is 0 Å². The molecule has 0 unspecified atom stereocenters. The van der Waals surface area contributed by atoms with Gasteiger partial charge in [-0.25, -0.2) is 4.79 Å². The van der Waals surface area contributed by atoms with Gasteiger partial charge in [0.25, 0.3) is 0 Å². The van der Waals surface area contributed by atoms with E-state index in [0.29, 0.717) is 18.1 Å². The quantitative estimate of drug-likeness (QED) is 0.627. The molecule has 19 heavy (non-hydrogen) atoms. The highest BCUT2D eigenvalue weighted by Crippen LogP contribution is 2.27. The molecule has 1 aromatic carbocycles. The van der Waals surface area contributed by atoms with Crippen molar-refractivity contribution in [2.24, 2.45) is 11.8 Å². The highest BCUT2D eigenvalue weighted by Gasteiger charge is 2.22. The van der Waals surface area contributed by atoms with E-state index >= 15 is 0 Å². The molecule has 0 spiro atoms. The van der Waals surface area contributed by atoms with E-state index in [0.717, 1.165) is 36.4 Å². The largest absolute Gasteiger partial charge is 0.462 e. The minimum atomic E-state index is -0.273. The summed E-state index contributed by atoms with van der Waals surface area (Å²) < 4.78 is 6.27. The number of esters is 1. The van der Waals surface area contributed by atoms with Gasteiger partial charge in [-0.2, -0.15) is 0 Å². The lowest BCUT2D eigenvalue weighted by Gasteiger charge is -2.24. The molecule has 0 amide bonds. The van der Waals surface area contributed by atoms with Crippen LogP contribution in [0, 0.1) is 11.8 Å². The number of halogens is 1. The molecule has 0 radical (unpaired) electrons. The maximum atomic E-state index is 11.8. The summed E-state index contributed by atoms with van der Waals surface area (Å²) in [5.74, 6) is 0.332. The second-order valence-electron chi connectivity index (χ2n) is 5.02. The Labute approximate surface area is 121 Å². The number of carbonyl (C=O) groups excluding carboxylic acids is 2. The van der Waals surface area contributed by atoms with E-state index in [2.05, 4.69) is 15.9 Å². The molecule has 0 atom stereocenters. The molecule has 0 aromatic heterocycles. The zero-order chi connectivity index (χ0) is 13.7. The Bertz CT molecular complexity index is 433. The first kappa shape index (κ1) is 14.3. The van der Waals surface area contributed by atoms with Crippen LogP contribution in [0.2, 0.25) is 0 Å². The number of carbonyl (C=O) groups is 2. The Kier molecular flexibility index (Phi) is 5.14. The molecule has 0 aliphatic heterocycles. The van der Waals surface area contributed by atoms with E-state index < -0.39 is 0 Å². The van der Waals surface area contributed by atoms with Crippen LogP contribution < -0.4 is 0 Å². The smallest absolute Gasteiger partial charge is 0.338 e. The van der Waals surface area contributed by atoms with E-state index in [1.807, 2.05) is 12.1 Å². The van der Waals surface area contributed by atoms with Gasteiger partial charge in [0.05, 0.1) is 12.2 Å². The molecule has 0 saturated heterocycles. The maximum Gasteiger partial charge on any atom is 0.338 e. The van der Waals surface area contributed by atoms with Crippen LogP contribution in [0.15, 0.2) is 28.7 Å². The third kappa shape index (κ3) is 4.16. The van der Waals surface area contributed by atoms with Crippen LogP contribution in [0.5, 0.6) is 0 Å². The number of hydrogen-bond acceptors (Lipinski definition) is 3. The predicted octanol–water partition coefficient (Wildman–Crippen LogP) is 3.61. The monoisotopic (exact) mass is 324 g/mol. The van der Waals surface area contributed by atoms with Gasteiger partial charge in [-0.3, -0.25) is 0 Å². The lowest BCUT2D eigenvalue weighted by Crippen LogP contribution is -2.21. The molecule has 0 N–H and O–H groups in total. The molecule has 0 bridgehead atoms.